The van der Waals surface area contributed by atoms with Crippen LogP contribution in [0.5, 0.6) is 5.75 Å². The summed E-state index contributed by atoms with van der Waals surface area (Å²) in [6.45, 7) is 2.23. The summed E-state index contributed by atoms with van der Waals surface area (Å²) in [5.74, 6) is 0.742. The molecule has 0 aliphatic carbocycles. The van der Waals surface area contributed by atoms with E-state index >= 15 is 0 Å². The number of ether oxygens (including phenoxy) is 1. The van der Waals surface area contributed by atoms with Crippen molar-refractivity contribution in [3.05, 3.63) is 23.8 Å². The molecule has 82 valence electrons. The minimum absolute atomic E-state index is 0.0661. The van der Waals surface area contributed by atoms with Crippen LogP contribution < -0.4 is 9.46 Å². The third-order valence-corrected chi connectivity index (χ3v) is 3.65. The van der Waals surface area contributed by atoms with Crippen LogP contribution in [0.15, 0.2) is 18.2 Å². The number of hydrogen-bond acceptors (Lipinski definition) is 3. The van der Waals surface area contributed by atoms with Gasteiger partial charge < -0.3 is 4.74 Å². The zero-order chi connectivity index (χ0) is 10.9. The third kappa shape index (κ3) is 2.07. The number of rotatable bonds is 3. The van der Waals surface area contributed by atoms with E-state index in [0.717, 1.165) is 12.0 Å². The van der Waals surface area contributed by atoms with E-state index < -0.39 is 10.0 Å². The lowest BCUT2D eigenvalue weighted by atomic mass is 10.1. The van der Waals surface area contributed by atoms with Crippen LogP contribution in [0, 0.1) is 0 Å². The molecular weight excluding hydrogens is 214 g/mol. The molecule has 1 heterocycles. The number of benzene rings is 1. The van der Waals surface area contributed by atoms with Crippen molar-refractivity contribution in [2.24, 2.45) is 0 Å². The van der Waals surface area contributed by atoms with Gasteiger partial charge in [0.2, 0.25) is 10.0 Å². The minimum atomic E-state index is -3.22. The molecule has 1 aromatic rings. The fraction of sp³-hybridized carbons (Fsp3) is 0.400. The SMILES string of the molecule is CCS(=O)(=O)Nc1cccc2c1OCC2. The summed E-state index contributed by atoms with van der Waals surface area (Å²) in [5.41, 5.74) is 1.61. The second-order valence-electron chi connectivity index (χ2n) is 3.40. The van der Waals surface area contributed by atoms with E-state index in [0.29, 0.717) is 18.0 Å². The number of anilines is 1. The Kier molecular flexibility index (Phi) is 2.56. The van der Waals surface area contributed by atoms with Crippen LogP contribution in [0.25, 0.3) is 0 Å². The van der Waals surface area contributed by atoms with Gasteiger partial charge in [-0.15, -0.1) is 0 Å². The lowest BCUT2D eigenvalue weighted by Crippen LogP contribution is -2.15. The van der Waals surface area contributed by atoms with E-state index in [-0.39, 0.29) is 5.75 Å². The molecule has 4 nitrogen and oxygen atoms in total. The van der Waals surface area contributed by atoms with Crippen molar-refractivity contribution in [1.29, 1.82) is 0 Å². The molecule has 0 aromatic heterocycles. The summed E-state index contributed by atoms with van der Waals surface area (Å²) in [4.78, 5) is 0. The lowest BCUT2D eigenvalue weighted by molar-refractivity contribution is 0.358. The Labute approximate surface area is 89.3 Å². The third-order valence-electron chi connectivity index (χ3n) is 2.36. The molecule has 0 unspecified atom stereocenters. The molecule has 0 atom stereocenters. The predicted molar refractivity (Wildman–Crippen MR) is 58.7 cm³/mol. The summed E-state index contributed by atoms with van der Waals surface area (Å²) < 4.78 is 30.7. The normalized spacial score (nSPS) is 14.5. The van der Waals surface area contributed by atoms with Gasteiger partial charge in [-0.3, -0.25) is 4.72 Å². The van der Waals surface area contributed by atoms with Crippen LogP contribution in [0.4, 0.5) is 5.69 Å². The Morgan fingerprint density at radius 2 is 2.27 bits per heavy atom. The van der Waals surface area contributed by atoms with Crippen molar-refractivity contribution in [3.63, 3.8) is 0 Å². The van der Waals surface area contributed by atoms with Crippen LogP contribution >= 0.6 is 0 Å². The maximum Gasteiger partial charge on any atom is 0.232 e. The summed E-state index contributed by atoms with van der Waals surface area (Å²) in [6.07, 6.45) is 0.844. The molecule has 1 aliphatic rings. The molecule has 15 heavy (non-hydrogen) atoms. The van der Waals surface area contributed by atoms with Gasteiger partial charge in [-0.2, -0.15) is 0 Å². The average molecular weight is 227 g/mol. The topological polar surface area (TPSA) is 55.4 Å². The van der Waals surface area contributed by atoms with Crippen LogP contribution in [0.3, 0.4) is 0 Å². The van der Waals surface area contributed by atoms with E-state index in [1.54, 1.807) is 13.0 Å². The zero-order valence-corrected chi connectivity index (χ0v) is 9.30. The number of fused-ring (bicyclic) bond motifs is 1. The Bertz CT molecular complexity index is 468. The van der Waals surface area contributed by atoms with Gasteiger partial charge in [-0.1, -0.05) is 12.1 Å². The Morgan fingerprint density at radius 1 is 1.47 bits per heavy atom. The lowest BCUT2D eigenvalue weighted by Gasteiger charge is -2.09. The number of sulfonamides is 1. The molecule has 0 bridgehead atoms. The second-order valence-corrected chi connectivity index (χ2v) is 5.41. The second kappa shape index (κ2) is 3.73. The Balaban J connectivity index is 2.34. The van der Waals surface area contributed by atoms with E-state index in [2.05, 4.69) is 4.72 Å². The summed E-state index contributed by atoms with van der Waals surface area (Å²) >= 11 is 0. The van der Waals surface area contributed by atoms with Gasteiger partial charge in [-0.25, -0.2) is 8.42 Å². The predicted octanol–water partition coefficient (Wildman–Crippen LogP) is 1.38. The summed E-state index contributed by atoms with van der Waals surface area (Å²) in [7, 11) is -3.22. The maximum atomic E-state index is 11.4. The first-order valence-corrected chi connectivity index (χ1v) is 6.53. The monoisotopic (exact) mass is 227 g/mol. The first kappa shape index (κ1) is 10.3. The van der Waals surface area contributed by atoms with Gasteiger partial charge in [0.15, 0.2) is 0 Å². The molecule has 0 fully saturated rings. The van der Waals surface area contributed by atoms with Crippen molar-refractivity contribution < 1.29 is 13.2 Å². The maximum absolute atomic E-state index is 11.4. The Hall–Kier alpha value is -1.23. The van der Waals surface area contributed by atoms with Gasteiger partial charge in [0, 0.05) is 6.42 Å². The smallest absolute Gasteiger partial charge is 0.232 e. The molecule has 2 rings (SSSR count). The number of nitrogens with one attached hydrogen (secondary N) is 1. The highest BCUT2D eigenvalue weighted by Crippen LogP contribution is 2.33. The molecule has 5 heteroatoms. The van der Waals surface area contributed by atoms with Crippen LogP contribution in [-0.2, 0) is 16.4 Å². The van der Waals surface area contributed by atoms with Crippen molar-refractivity contribution in [3.8, 4) is 5.75 Å². The molecule has 0 saturated heterocycles. The first-order chi connectivity index (χ1) is 7.12. The highest BCUT2D eigenvalue weighted by molar-refractivity contribution is 7.92. The quantitative estimate of drug-likeness (QED) is 0.848. The van der Waals surface area contributed by atoms with Crippen molar-refractivity contribution in [2.45, 2.75) is 13.3 Å². The van der Waals surface area contributed by atoms with E-state index in [1.807, 2.05) is 12.1 Å². The Morgan fingerprint density at radius 3 is 3.00 bits per heavy atom. The van der Waals surface area contributed by atoms with E-state index in [9.17, 15) is 8.42 Å². The molecule has 0 saturated carbocycles. The van der Waals surface area contributed by atoms with Crippen molar-refractivity contribution >= 4 is 15.7 Å². The van der Waals surface area contributed by atoms with Crippen molar-refractivity contribution in [2.75, 3.05) is 17.1 Å². The molecule has 0 radical (unpaired) electrons. The number of para-hydroxylation sites is 1. The molecule has 1 aliphatic heterocycles. The van der Waals surface area contributed by atoms with Crippen molar-refractivity contribution in [1.82, 2.24) is 0 Å². The van der Waals surface area contributed by atoms with E-state index in [4.69, 9.17) is 4.74 Å². The molecule has 0 spiro atoms. The zero-order valence-electron chi connectivity index (χ0n) is 8.49. The highest BCUT2D eigenvalue weighted by Gasteiger charge is 2.18. The van der Waals surface area contributed by atoms with E-state index in [1.165, 1.54) is 0 Å². The van der Waals surface area contributed by atoms with Gasteiger partial charge in [0.05, 0.1) is 18.0 Å². The standard InChI is InChI=1S/C10H13NO3S/c1-2-15(12,13)11-9-5-3-4-8-6-7-14-10(8)9/h3-5,11H,2,6-7H2,1H3. The van der Waals surface area contributed by atoms with Gasteiger partial charge in [0.25, 0.3) is 0 Å². The van der Waals surface area contributed by atoms with Crippen LogP contribution in [0.1, 0.15) is 12.5 Å². The number of hydrogen-bond donors (Lipinski definition) is 1. The van der Waals surface area contributed by atoms with Crippen LogP contribution in [0.2, 0.25) is 0 Å². The van der Waals surface area contributed by atoms with Crippen LogP contribution in [-0.4, -0.2) is 20.8 Å². The highest BCUT2D eigenvalue weighted by atomic mass is 32.2. The molecular formula is C10H13NO3S. The minimum Gasteiger partial charge on any atom is -0.491 e. The largest absolute Gasteiger partial charge is 0.491 e. The summed E-state index contributed by atoms with van der Waals surface area (Å²) in [5, 5.41) is 0. The summed E-state index contributed by atoms with van der Waals surface area (Å²) in [6, 6.07) is 5.50. The molecule has 0 amide bonds. The molecule has 1 aromatic carbocycles. The fourth-order valence-electron chi connectivity index (χ4n) is 1.54. The average Bonchev–Trinajstić information content (AvgIpc) is 2.66. The molecule has 1 N–H and O–H groups in total. The van der Waals surface area contributed by atoms with Gasteiger partial charge >= 0.3 is 0 Å². The van der Waals surface area contributed by atoms with Gasteiger partial charge in [-0.05, 0) is 18.6 Å². The van der Waals surface area contributed by atoms with Gasteiger partial charge in [0.1, 0.15) is 5.75 Å². The first-order valence-electron chi connectivity index (χ1n) is 4.87. The fourth-order valence-corrected chi connectivity index (χ4v) is 2.18.